The number of benzene rings is 1. The molecule has 0 aliphatic carbocycles. The number of nitrogens with zero attached hydrogens (tertiary/aromatic N) is 3. The van der Waals surface area contributed by atoms with E-state index in [1.54, 1.807) is 24.3 Å². The highest BCUT2D eigenvalue weighted by Crippen LogP contribution is 2.39. The summed E-state index contributed by atoms with van der Waals surface area (Å²) in [5.74, 6) is 0.923. The van der Waals surface area contributed by atoms with Crippen molar-refractivity contribution in [2.24, 2.45) is 5.18 Å². The number of hydrogen-bond acceptors (Lipinski definition) is 9. The van der Waals surface area contributed by atoms with E-state index in [4.69, 9.17) is 15.2 Å². The highest BCUT2D eigenvalue weighted by molar-refractivity contribution is 7.20. The van der Waals surface area contributed by atoms with Crippen LogP contribution in [0.5, 0.6) is 11.5 Å². The summed E-state index contributed by atoms with van der Waals surface area (Å²) in [6.45, 7) is 3.88. The number of anilines is 1. The van der Waals surface area contributed by atoms with E-state index in [0.29, 0.717) is 37.9 Å². The molecule has 3 aromatic rings. The molecule has 0 saturated heterocycles. The summed E-state index contributed by atoms with van der Waals surface area (Å²) >= 11 is 1.19. The Labute approximate surface area is 163 Å². The summed E-state index contributed by atoms with van der Waals surface area (Å²) in [5.41, 5.74) is 6.77. The van der Waals surface area contributed by atoms with Gasteiger partial charge in [-0.1, -0.05) is 11.2 Å². The van der Waals surface area contributed by atoms with Crippen LogP contribution < -0.4 is 20.5 Å². The average Bonchev–Trinajstić information content (AvgIpc) is 3.27. The largest absolute Gasteiger partial charge is 0.454 e. The van der Waals surface area contributed by atoms with Crippen LogP contribution in [-0.2, 0) is 0 Å². The van der Waals surface area contributed by atoms with Gasteiger partial charge in [0.2, 0.25) is 12.7 Å². The van der Waals surface area contributed by atoms with Gasteiger partial charge in [-0.25, -0.2) is 9.97 Å². The first kappa shape index (κ1) is 18.1. The summed E-state index contributed by atoms with van der Waals surface area (Å²) in [6.07, 6.45) is 0. The number of nitrogen functional groups attached to an aromatic ring is 1. The Balaban J connectivity index is 1.81. The van der Waals surface area contributed by atoms with Gasteiger partial charge in [0.05, 0.1) is 10.6 Å². The van der Waals surface area contributed by atoms with Gasteiger partial charge in [-0.05, 0) is 37.6 Å². The summed E-state index contributed by atoms with van der Waals surface area (Å²) < 4.78 is 10.7. The lowest BCUT2D eigenvalue weighted by molar-refractivity contribution is 0.0947. The maximum atomic E-state index is 12.4. The van der Waals surface area contributed by atoms with E-state index in [-0.39, 0.29) is 24.7 Å². The lowest BCUT2D eigenvalue weighted by atomic mass is 10.0. The first-order valence-electron chi connectivity index (χ1n) is 8.56. The first-order valence-corrected chi connectivity index (χ1v) is 9.37. The molecule has 10 heteroatoms. The van der Waals surface area contributed by atoms with Crippen LogP contribution in [0.1, 0.15) is 40.8 Å². The molecule has 0 saturated carbocycles. The Kier molecular flexibility index (Phi) is 4.55. The summed E-state index contributed by atoms with van der Waals surface area (Å²) in [4.78, 5) is 33.5. The fourth-order valence-corrected chi connectivity index (χ4v) is 3.92. The Morgan fingerprint density at radius 1 is 1.25 bits per heavy atom. The molecule has 2 aromatic heterocycles. The van der Waals surface area contributed by atoms with Crippen LogP contribution >= 0.6 is 11.3 Å². The lowest BCUT2D eigenvalue weighted by Crippen LogP contribution is -2.29. The minimum atomic E-state index is -0.932. The van der Waals surface area contributed by atoms with Gasteiger partial charge < -0.3 is 20.5 Å². The fourth-order valence-electron chi connectivity index (χ4n) is 2.97. The number of fused-ring (bicyclic) bond motifs is 2. The zero-order valence-electron chi connectivity index (χ0n) is 15.1. The number of nitroso groups, excluding NO2 is 1. The number of rotatable bonds is 5. The van der Waals surface area contributed by atoms with E-state index in [9.17, 15) is 9.70 Å². The van der Waals surface area contributed by atoms with Crippen LogP contribution in [0.15, 0.2) is 29.4 Å². The molecule has 1 amide bonds. The molecule has 9 nitrogen and oxygen atoms in total. The monoisotopic (exact) mass is 399 g/mol. The maximum absolute atomic E-state index is 12.4. The van der Waals surface area contributed by atoms with Gasteiger partial charge in [-0.15, -0.1) is 16.2 Å². The highest BCUT2D eigenvalue weighted by atomic mass is 32.1. The van der Waals surface area contributed by atoms with Crippen molar-refractivity contribution in [2.75, 3.05) is 12.5 Å². The highest BCUT2D eigenvalue weighted by Gasteiger charge is 2.25. The topological polar surface area (TPSA) is 129 Å². The molecule has 3 heterocycles. The minimum Gasteiger partial charge on any atom is -0.454 e. The summed E-state index contributed by atoms with van der Waals surface area (Å²) in [6, 6.07) is 5.86. The standard InChI is InChI=1S/C18H17N5O4S/c1-8(2)20-16(24)13-6-10-15(21-18(19)22-17(10)28-13)14(23-25)9-3-4-11-12(5-9)27-7-26-11/h3-6,8,14H,7H2,1-2H3,(H,20,24)(H2,19,21,22). The van der Waals surface area contributed by atoms with Gasteiger partial charge in [-0.3, -0.25) is 4.79 Å². The van der Waals surface area contributed by atoms with E-state index >= 15 is 0 Å². The number of ether oxygens (including phenoxy) is 2. The van der Waals surface area contributed by atoms with Crippen molar-refractivity contribution in [3.05, 3.63) is 45.3 Å². The number of aromatic nitrogens is 2. The van der Waals surface area contributed by atoms with Gasteiger partial charge in [0.1, 0.15) is 4.83 Å². The third-order valence-corrected chi connectivity index (χ3v) is 5.19. The molecule has 0 spiro atoms. The van der Waals surface area contributed by atoms with Crippen molar-refractivity contribution in [2.45, 2.75) is 25.9 Å². The van der Waals surface area contributed by atoms with Gasteiger partial charge >= 0.3 is 0 Å². The van der Waals surface area contributed by atoms with Gasteiger partial charge in [0.15, 0.2) is 17.5 Å². The molecular formula is C18H17N5O4S. The summed E-state index contributed by atoms with van der Waals surface area (Å²) in [5, 5.41) is 6.66. The number of nitrogens with two attached hydrogens (primary N) is 1. The second kappa shape index (κ2) is 7.04. The Morgan fingerprint density at radius 3 is 2.79 bits per heavy atom. The normalized spacial score (nSPS) is 13.7. The molecule has 1 aromatic carbocycles. The van der Waals surface area contributed by atoms with Crippen LogP contribution in [-0.4, -0.2) is 28.7 Å². The maximum Gasteiger partial charge on any atom is 0.261 e. The second-order valence-electron chi connectivity index (χ2n) is 6.55. The van der Waals surface area contributed by atoms with Crippen molar-refractivity contribution < 1.29 is 14.3 Å². The molecule has 1 aliphatic rings. The molecule has 0 radical (unpaired) electrons. The molecule has 3 N–H and O–H groups in total. The quantitative estimate of drug-likeness (QED) is 0.631. The Bertz CT molecular complexity index is 1080. The van der Waals surface area contributed by atoms with E-state index in [0.717, 1.165) is 0 Å². The van der Waals surface area contributed by atoms with Crippen molar-refractivity contribution in [3.63, 3.8) is 0 Å². The van der Waals surface area contributed by atoms with Crippen LogP contribution in [0.2, 0.25) is 0 Å². The zero-order chi connectivity index (χ0) is 19.8. The van der Waals surface area contributed by atoms with Crippen LogP contribution in [0.3, 0.4) is 0 Å². The molecular weight excluding hydrogens is 382 g/mol. The molecule has 4 rings (SSSR count). The van der Waals surface area contributed by atoms with E-state index in [1.807, 2.05) is 13.8 Å². The molecule has 1 atom stereocenters. The SMILES string of the molecule is CC(C)NC(=O)c1cc2c(C(N=O)c3ccc4c(c3)OCO4)nc(N)nc2s1. The fraction of sp³-hybridized carbons (Fsp3) is 0.278. The first-order chi connectivity index (χ1) is 13.5. The molecule has 144 valence electrons. The average molecular weight is 399 g/mol. The molecule has 28 heavy (non-hydrogen) atoms. The van der Waals surface area contributed by atoms with Crippen molar-refractivity contribution >= 4 is 33.4 Å². The third-order valence-electron chi connectivity index (χ3n) is 4.16. The van der Waals surface area contributed by atoms with E-state index < -0.39 is 6.04 Å². The third kappa shape index (κ3) is 3.22. The van der Waals surface area contributed by atoms with Gasteiger partial charge in [0.25, 0.3) is 5.91 Å². The van der Waals surface area contributed by atoms with Crippen LogP contribution in [0.25, 0.3) is 10.2 Å². The van der Waals surface area contributed by atoms with E-state index in [2.05, 4.69) is 20.5 Å². The zero-order valence-corrected chi connectivity index (χ0v) is 15.9. The second-order valence-corrected chi connectivity index (χ2v) is 7.58. The van der Waals surface area contributed by atoms with Crippen molar-refractivity contribution in [3.8, 4) is 11.5 Å². The van der Waals surface area contributed by atoms with Gasteiger partial charge in [-0.2, -0.15) is 0 Å². The van der Waals surface area contributed by atoms with E-state index in [1.165, 1.54) is 11.3 Å². The number of thiophene rings is 1. The molecule has 1 unspecified atom stereocenters. The number of carbonyl (C=O) groups excluding carboxylic acids is 1. The molecule has 1 aliphatic heterocycles. The van der Waals surface area contributed by atoms with Crippen molar-refractivity contribution in [1.29, 1.82) is 0 Å². The Hall–Kier alpha value is -3.27. The predicted molar refractivity (Wildman–Crippen MR) is 105 cm³/mol. The van der Waals surface area contributed by atoms with Gasteiger partial charge in [0, 0.05) is 11.4 Å². The predicted octanol–water partition coefficient (Wildman–Crippen LogP) is 3.00. The minimum absolute atomic E-state index is 0.00800. The number of nitrogens with one attached hydrogen (secondary N) is 1. The van der Waals surface area contributed by atoms with Crippen LogP contribution in [0, 0.1) is 4.91 Å². The smallest absolute Gasteiger partial charge is 0.261 e. The number of amides is 1. The molecule has 0 bridgehead atoms. The van der Waals surface area contributed by atoms with Crippen molar-refractivity contribution in [1.82, 2.24) is 15.3 Å². The molecule has 0 fully saturated rings. The summed E-state index contributed by atoms with van der Waals surface area (Å²) in [7, 11) is 0. The number of hydrogen-bond donors (Lipinski definition) is 2. The van der Waals surface area contributed by atoms with Crippen LogP contribution in [0.4, 0.5) is 5.95 Å². The lowest BCUT2D eigenvalue weighted by Gasteiger charge is -2.11. The number of carbonyl (C=O) groups is 1. The Morgan fingerprint density at radius 2 is 2.04 bits per heavy atom.